The number of hydrogen-bond donors (Lipinski definition) is 1. The zero-order valence-electron chi connectivity index (χ0n) is 18.3. The zero-order chi connectivity index (χ0) is 22.2. The van der Waals surface area contributed by atoms with Gasteiger partial charge in [-0.2, -0.15) is 5.10 Å². The summed E-state index contributed by atoms with van der Waals surface area (Å²) in [6.45, 7) is 4.57. The lowest BCUT2D eigenvalue weighted by Gasteiger charge is -2.10. The maximum atomic E-state index is 5.50. The molecule has 5 aromatic heterocycles. The van der Waals surface area contributed by atoms with Crippen molar-refractivity contribution in [3.8, 4) is 28.7 Å². The van der Waals surface area contributed by atoms with E-state index in [4.69, 9.17) is 14.8 Å². The van der Waals surface area contributed by atoms with Crippen molar-refractivity contribution >= 4 is 17.2 Å². The first-order valence-electron chi connectivity index (χ1n) is 10.3. The first kappa shape index (κ1) is 19.7. The minimum Gasteiger partial charge on any atom is -0.492 e. The second-order valence-corrected chi connectivity index (χ2v) is 7.42. The van der Waals surface area contributed by atoms with Crippen LogP contribution in [0.1, 0.15) is 12.5 Å². The summed E-state index contributed by atoms with van der Waals surface area (Å²) in [5.74, 6) is 3.17. The second kappa shape index (κ2) is 7.80. The van der Waals surface area contributed by atoms with E-state index in [-0.39, 0.29) is 0 Å². The highest BCUT2D eigenvalue weighted by Gasteiger charge is 2.19. The molecule has 0 unspecified atom stereocenters. The number of nitrogens with zero attached hydrogens (tertiary/aromatic N) is 8. The molecular formula is C22H23N9O. The molecule has 0 saturated heterocycles. The van der Waals surface area contributed by atoms with Gasteiger partial charge in [0.15, 0.2) is 11.6 Å². The molecule has 162 valence electrons. The molecule has 10 heteroatoms. The van der Waals surface area contributed by atoms with Crippen molar-refractivity contribution in [1.82, 2.24) is 38.9 Å². The highest BCUT2D eigenvalue weighted by atomic mass is 16.5. The Morgan fingerprint density at radius 1 is 1.06 bits per heavy atom. The smallest absolute Gasteiger partial charge is 0.218 e. The number of hydrogen-bond acceptors (Lipinski definition) is 7. The van der Waals surface area contributed by atoms with Crippen LogP contribution >= 0.6 is 0 Å². The molecule has 10 nitrogen and oxygen atoms in total. The van der Waals surface area contributed by atoms with Crippen molar-refractivity contribution in [2.45, 2.75) is 13.8 Å². The van der Waals surface area contributed by atoms with Gasteiger partial charge in [-0.3, -0.25) is 4.68 Å². The van der Waals surface area contributed by atoms with Gasteiger partial charge in [0.1, 0.15) is 17.1 Å². The fourth-order valence-corrected chi connectivity index (χ4v) is 3.64. The third-order valence-electron chi connectivity index (χ3n) is 5.19. The molecule has 0 atom stereocenters. The van der Waals surface area contributed by atoms with E-state index >= 15 is 0 Å². The largest absolute Gasteiger partial charge is 0.492 e. The summed E-state index contributed by atoms with van der Waals surface area (Å²) in [6.07, 6.45) is 9.17. The van der Waals surface area contributed by atoms with E-state index in [0.29, 0.717) is 29.9 Å². The van der Waals surface area contributed by atoms with Gasteiger partial charge < -0.3 is 14.6 Å². The summed E-state index contributed by atoms with van der Waals surface area (Å²) < 4.78 is 11.0. The van der Waals surface area contributed by atoms with E-state index in [1.54, 1.807) is 17.1 Å². The van der Waals surface area contributed by atoms with E-state index in [1.807, 2.05) is 73.8 Å². The lowest BCUT2D eigenvalue weighted by Crippen LogP contribution is -2.06. The molecule has 0 radical (unpaired) electrons. The van der Waals surface area contributed by atoms with Gasteiger partial charge in [-0.25, -0.2) is 19.5 Å². The summed E-state index contributed by atoms with van der Waals surface area (Å²) in [5, 5.41) is 12.6. The van der Waals surface area contributed by atoms with Crippen molar-refractivity contribution < 1.29 is 4.74 Å². The van der Waals surface area contributed by atoms with Crippen LogP contribution in [0.25, 0.3) is 28.4 Å². The van der Waals surface area contributed by atoms with Crippen LogP contribution in [0.15, 0.2) is 49.2 Å². The van der Waals surface area contributed by atoms with E-state index in [1.165, 1.54) is 0 Å². The fraction of sp³-hybridized carbons (Fsp3) is 0.227. The quantitative estimate of drug-likeness (QED) is 0.442. The van der Waals surface area contributed by atoms with Crippen molar-refractivity contribution in [3.05, 3.63) is 54.7 Å². The monoisotopic (exact) mass is 429 g/mol. The Morgan fingerprint density at radius 2 is 1.94 bits per heavy atom. The molecule has 0 aliphatic rings. The molecule has 5 aromatic rings. The van der Waals surface area contributed by atoms with Gasteiger partial charge in [-0.05, 0) is 37.6 Å². The standard InChI is InChI=1S/C22H23N9O/c1-5-32-15-6-7-18(24-12-15)25-20-19-14(2)16(17-8-10-30(4)27-17)13-31(19)28-21(26-20)22-23-9-11-29(22)3/h6-13H,5H2,1-4H3,(H,24,25,26,28). The summed E-state index contributed by atoms with van der Waals surface area (Å²) in [7, 11) is 3.81. The number of fused-ring (bicyclic) bond motifs is 1. The van der Waals surface area contributed by atoms with Crippen LogP contribution in [0.5, 0.6) is 5.75 Å². The lowest BCUT2D eigenvalue weighted by atomic mass is 10.1. The lowest BCUT2D eigenvalue weighted by molar-refractivity contribution is 0.339. The number of aryl methyl sites for hydroxylation is 3. The maximum absolute atomic E-state index is 5.50. The topological polar surface area (TPSA) is 100.0 Å². The van der Waals surface area contributed by atoms with E-state index < -0.39 is 0 Å². The van der Waals surface area contributed by atoms with Gasteiger partial charge in [0.05, 0.1) is 18.5 Å². The number of aromatic nitrogens is 8. The Hall–Kier alpha value is -4.21. The average molecular weight is 429 g/mol. The molecule has 0 fully saturated rings. The van der Waals surface area contributed by atoms with Gasteiger partial charge in [0.2, 0.25) is 5.82 Å². The molecule has 0 spiro atoms. The minimum atomic E-state index is 0.501. The molecule has 0 saturated carbocycles. The molecule has 5 heterocycles. The minimum absolute atomic E-state index is 0.501. The van der Waals surface area contributed by atoms with Gasteiger partial charge in [-0.1, -0.05) is 0 Å². The third kappa shape index (κ3) is 3.45. The van der Waals surface area contributed by atoms with Crippen LogP contribution in [0, 0.1) is 6.92 Å². The van der Waals surface area contributed by atoms with Crippen molar-refractivity contribution in [2.75, 3.05) is 11.9 Å². The Balaban J connectivity index is 1.66. The van der Waals surface area contributed by atoms with Gasteiger partial charge in [0.25, 0.3) is 0 Å². The molecule has 0 aromatic carbocycles. The van der Waals surface area contributed by atoms with Crippen LogP contribution in [0.3, 0.4) is 0 Å². The van der Waals surface area contributed by atoms with Gasteiger partial charge in [0, 0.05) is 44.4 Å². The van der Waals surface area contributed by atoms with Crippen molar-refractivity contribution in [2.24, 2.45) is 14.1 Å². The molecule has 32 heavy (non-hydrogen) atoms. The summed E-state index contributed by atoms with van der Waals surface area (Å²) in [6, 6.07) is 5.72. The Morgan fingerprint density at radius 3 is 2.59 bits per heavy atom. The third-order valence-corrected chi connectivity index (χ3v) is 5.19. The number of rotatable bonds is 6. The number of anilines is 2. The van der Waals surface area contributed by atoms with Crippen LogP contribution in [0.4, 0.5) is 11.6 Å². The van der Waals surface area contributed by atoms with Crippen LogP contribution in [-0.2, 0) is 14.1 Å². The molecule has 0 amide bonds. The molecule has 1 N–H and O–H groups in total. The molecule has 0 bridgehead atoms. The summed E-state index contributed by atoms with van der Waals surface area (Å²) in [5.41, 5.74) is 3.72. The molecule has 0 aliphatic carbocycles. The summed E-state index contributed by atoms with van der Waals surface area (Å²) in [4.78, 5) is 13.7. The maximum Gasteiger partial charge on any atom is 0.218 e. The van der Waals surface area contributed by atoms with Gasteiger partial charge >= 0.3 is 0 Å². The Kier molecular flexibility index (Phi) is 4.81. The van der Waals surface area contributed by atoms with E-state index in [2.05, 4.69) is 20.4 Å². The highest BCUT2D eigenvalue weighted by molar-refractivity contribution is 5.84. The fourth-order valence-electron chi connectivity index (χ4n) is 3.64. The summed E-state index contributed by atoms with van der Waals surface area (Å²) >= 11 is 0. The second-order valence-electron chi connectivity index (χ2n) is 7.42. The molecule has 5 rings (SSSR count). The zero-order valence-corrected chi connectivity index (χ0v) is 18.3. The van der Waals surface area contributed by atoms with Crippen LogP contribution in [-0.4, -0.2) is 45.5 Å². The predicted molar refractivity (Wildman–Crippen MR) is 121 cm³/mol. The number of ether oxygens (including phenoxy) is 1. The highest BCUT2D eigenvalue weighted by Crippen LogP contribution is 2.32. The van der Waals surface area contributed by atoms with Crippen molar-refractivity contribution in [3.63, 3.8) is 0 Å². The van der Waals surface area contributed by atoms with Crippen molar-refractivity contribution in [1.29, 1.82) is 0 Å². The van der Waals surface area contributed by atoms with E-state index in [9.17, 15) is 0 Å². The first-order valence-corrected chi connectivity index (χ1v) is 10.3. The molecular weight excluding hydrogens is 406 g/mol. The van der Waals surface area contributed by atoms with Crippen LogP contribution in [0.2, 0.25) is 0 Å². The van der Waals surface area contributed by atoms with Gasteiger partial charge in [-0.15, -0.1) is 5.10 Å². The van der Waals surface area contributed by atoms with Crippen LogP contribution < -0.4 is 10.1 Å². The number of nitrogens with one attached hydrogen (secondary N) is 1. The Bertz CT molecular complexity index is 1400. The number of imidazole rings is 1. The Labute approximate surface area is 184 Å². The normalized spacial score (nSPS) is 11.2. The first-order chi connectivity index (χ1) is 15.5. The number of pyridine rings is 1. The average Bonchev–Trinajstić information content (AvgIpc) is 3.48. The molecule has 0 aliphatic heterocycles. The van der Waals surface area contributed by atoms with E-state index in [0.717, 1.165) is 28.1 Å². The SMILES string of the molecule is CCOc1ccc(Nc2nc(-c3nccn3C)nn3cc(-c4ccn(C)n4)c(C)c23)nc1. The predicted octanol–water partition coefficient (Wildman–Crippen LogP) is 3.38.